The van der Waals surface area contributed by atoms with Crippen molar-refractivity contribution in [1.82, 2.24) is 9.88 Å². The lowest BCUT2D eigenvalue weighted by Gasteiger charge is -2.34. The summed E-state index contributed by atoms with van der Waals surface area (Å²) in [6.45, 7) is 5.31. The van der Waals surface area contributed by atoms with Crippen molar-refractivity contribution in [2.45, 2.75) is 32.7 Å². The van der Waals surface area contributed by atoms with E-state index in [9.17, 15) is 9.59 Å². The number of carboxylic acids is 1. The number of aliphatic carboxylic acids is 1. The Morgan fingerprint density at radius 3 is 2.56 bits per heavy atom. The molecule has 0 unspecified atom stereocenters. The average Bonchev–Trinajstić information content (AvgIpc) is 2.25. The van der Waals surface area contributed by atoms with E-state index in [4.69, 9.17) is 5.11 Å². The van der Waals surface area contributed by atoms with Crippen LogP contribution in [-0.2, 0) is 4.79 Å². The lowest BCUT2D eigenvalue weighted by molar-refractivity contribution is -0.139. The summed E-state index contributed by atoms with van der Waals surface area (Å²) in [5.41, 5.74) is 0.516. The van der Waals surface area contributed by atoms with Crippen molar-refractivity contribution >= 4 is 11.9 Å². The Morgan fingerprint density at radius 1 is 1.44 bits per heavy atom. The molecule has 0 bridgehead atoms. The van der Waals surface area contributed by atoms with Gasteiger partial charge >= 0.3 is 5.97 Å². The second kappa shape index (κ2) is 5.16. The van der Waals surface area contributed by atoms with Gasteiger partial charge in [-0.1, -0.05) is 0 Å². The van der Waals surface area contributed by atoms with E-state index >= 15 is 0 Å². The van der Waals surface area contributed by atoms with Crippen LogP contribution in [-0.4, -0.2) is 39.5 Å². The lowest BCUT2D eigenvalue weighted by Crippen LogP contribution is -2.46. The van der Waals surface area contributed by atoms with E-state index in [0.29, 0.717) is 5.69 Å². The number of carboxylic acid groups (broad SMARTS) is 1. The molecule has 0 saturated heterocycles. The molecule has 1 aromatic heterocycles. The zero-order valence-electron chi connectivity index (χ0n) is 11.1. The van der Waals surface area contributed by atoms with Gasteiger partial charge in [-0.3, -0.25) is 14.6 Å². The van der Waals surface area contributed by atoms with Crippen LogP contribution in [0.5, 0.6) is 0 Å². The Balaban J connectivity index is 2.93. The fraction of sp³-hybridized carbons (Fsp3) is 0.462. The van der Waals surface area contributed by atoms with E-state index in [1.807, 2.05) is 6.92 Å². The summed E-state index contributed by atoms with van der Waals surface area (Å²) in [6.07, 6.45) is 1.46. The first kappa shape index (κ1) is 14.2. The molecule has 18 heavy (non-hydrogen) atoms. The summed E-state index contributed by atoms with van der Waals surface area (Å²) < 4.78 is 0. The topological polar surface area (TPSA) is 70.5 Å². The Hall–Kier alpha value is -1.91. The highest BCUT2D eigenvalue weighted by Gasteiger charge is 2.31. The van der Waals surface area contributed by atoms with Crippen molar-refractivity contribution in [3.8, 4) is 0 Å². The number of hydrogen-bond donors (Lipinski definition) is 1. The number of carbonyl (C=O) groups is 2. The van der Waals surface area contributed by atoms with Gasteiger partial charge in [-0.2, -0.15) is 0 Å². The number of carbonyl (C=O) groups excluding carboxylic acids is 1. The van der Waals surface area contributed by atoms with Gasteiger partial charge in [0, 0.05) is 18.8 Å². The molecule has 0 spiro atoms. The van der Waals surface area contributed by atoms with Crippen LogP contribution < -0.4 is 0 Å². The number of amides is 1. The zero-order valence-corrected chi connectivity index (χ0v) is 11.1. The summed E-state index contributed by atoms with van der Waals surface area (Å²) in [7, 11) is 1.59. The van der Waals surface area contributed by atoms with Crippen LogP contribution in [0.2, 0.25) is 0 Å². The van der Waals surface area contributed by atoms with Crippen LogP contribution in [0.4, 0.5) is 0 Å². The first-order valence-electron chi connectivity index (χ1n) is 5.66. The van der Waals surface area contributed by atoms with Crippen LogP contribution in [0, 0.1) is 6.92 Å². The second-order valence-electron chi connectivity index (χ2n) is 4.97. The van der Waals surface area contributed by atoms with E-state index in [1.165, 1.54) is 4.90 Å². The highest BCUT2D eigenvalue weighted by Crippen LogP contribution is 2.19. The standard InChI is InChI=1S/C13H18N2O3/c1-9-5-6-14-10(7-9)12(18)15(4)13(2,3)8-11(16)17/h5-7H,8H2,1-4H3,(H,16,17). The smallest absolute Gasteiger partial charge is 0.305 e. The maximum Gasteiger partial charge on any atom is 0.305 e. The zero-order chi connectivity index (χ0) is 13.9. The Labute approximate surface area is 106 Å². The predicted octanol–water partition coefficient (Wildman–Crippen LogP) is 1.72. The maximum atomic E-state index is 12.2. The molecule has 5 nitrogen and oxygen atoms in total. The largest absolute Gasteiger partial charge is 0.481 e. The van der Waals surface area contributed by atoms with Gasteiger partial charge < -0.3 is 10.0 Å². The quantitative estimate of drug-likeness (QED) is 0.883. The molecule has 98 valence electrons. The van der Waals surface area contributed by atoms with Crippen molar-refractivity contribution < 1.29 is 14.7 Å². The van der Waals surface area contributed by atoms with Gasteiger partial charge in [-0.25, -0.2) is 0 Å². The molecule has 1 rings (SSSR count). The molecular weight excluding hydrogens is 232 g/mol. The minimum atomic E-state index is -0.933. The summed E-state index contributed by atoms with van der Waals surface area (Å²) in [5, 5.41) is 8.84. The van der Waals surface area contributed by atoms with Crippen LogP contribution in [0.15, 0.2) is 18.3 Å². The van der Waals surface area contributed by atoms with Crippen molar-refractivity contribution in [1.29, 1.82) is 0 Å². The van der Waals surface area contributed by atoms with E-state index in [1.54, 1.807) is 39.2 Å². The molecule has 0 saturated carbocycles. The molecule has 0 fully saturated rings. The summed E-state index contributed by atoms with van der Waals surface area (Å²) in [5.74, 6) is -1.21. The molecule has 1 heterocycles. The van der Waals surface area contributed by atoms with Gasteiger partial charge in [-0.15, -0.1) is 0 Å². The van der Waals surface area contributed by atoms with E-state index in [-0.39, 0.29) is 12.3 Å². The van der Waals surface area contributed by atoms with E-state index in [0.717, 1.165) is 5.56 Å². The Kier molecular flexibility index (Phi) is 4.06. The minimum absolute atomic E-state index is 0.110. The van der Waals surface area contributed by atoms with E-state index < -0.39 is 11.5 Å². The molecule has 0 aromatic carbocycles. The summed E-state index contributed by atoms with van der Waals surface area (Å²) >= 11 is 0. The van der Waals surface area contributed by atoms with Gasteiger partial charge in [0.15, 0.2) is 0 Å². The third kappa shape index (κ3) is 3.29. The normalized spacial score (nSPS) is 11.1. The van der Waals surface area contributed by atoms with Crippen molar-refractivity contribution in [2.24, 2.45) is 0 Å². The molecule has 0 radical (unpaired) electrons. The van der Waals surface area contributed by atoms with Gasteiger partial charge in [0.1, 0.15) is 5.69 Å². The summed E-state index contributed by atoms with van der Waals surface area (Å²) in [4.78, 5) is 28.4. The third-order valence-corrected chi connectivity index (χ3v) is 2.93. The summed E-state index contributed by atoms with van der Waals surface area (Å²) in [6, 6.07) is 3.49. The van der Waals surface area contributed by atoms with Gasteiger partial charge in [-0.05, 0) is 38.5 Å². The molecule has 0 aliphatic carbocycles. The number of aromatic nitrogens is 1. The van der Waals surface area contributed by atoms with Crippen molar-refractivity contribution in [3.63, 3.8) is 0 Å². The second-order valence-corrected chi connectivity index (χ2v) is 4.97. The molecule has 1 aromatic rings. The molecule has 0 atom stereocenters. The lowest BCUT2D eigenvalue weighted by atomic mass is 9.98. The fourth-order valence-corrected chi connectivity index (χ4v) is 1.59. The average molecular weight is 250 g/mol. The monoisotopic (exact) mass is 250 g/mol. The van der Waals surface area contributed by atoms with E-state index in [2.05, 4.69) is 4.98 Å². The molecular formula is C13H18N2O3. The highest BCUT2D eigenvalue weighted by molar-refractivity contribution is 5.93. The molecule has 0 aliphatic heterocycles. The van der Waals surface area contributed by atoms with Crippen LogP contribution in [0.25, 0.3) is 0 Å². The number of pyridine rings is 1. The third-order valence-electron chi connectivity index (χ3n) is 2.93. The number of aryl methyl sites for hydroxylation is 1. The van der Waals surface area contributed by atoms with Gasteiger partial charge in [0.05, 0.1) is 6.42 Å². The Morgan fingerprint density at radius 2 is 2.06 bits per heavy atom. The fourth-order valence-electron chi connectivity index (χ4n) is 1.59. The minimum Gasteiger partial charge on any atom is -0.481 e. The number of hydrogen-bond acceptors (Lipinski definition) is 3. The number of nitrogens with zero attached hydrogens (tertiary/aromatic N) is 2. The molecule has 0 aliphatic rings. The SMILES string of the molecule is Cc1ccnc(C(=O)N(C)C(C)(C)CC(=O)O)c1. The highest BCUT2D eigenvalue weighted by atomic mass is 16.4. The van der Waals surface area contributed by atoms with Crippen molar-refractivity contribution in [3.05, 3.63) is 29.6 Å². The van der Waals surface area contributed by atoms with Crippen LogP contribution in [0.1, 0.15) is 36.3 Å². The predicted molar refractivity (Wildman–Crippen MR) is 67.4 cm³/mol. The first-order valence-corrected chi connectivity index (χ1v) is 5.66. The molecule has 5 heteroatoms. The van der Waals surface area contributed by atoms with Crippen LogP contribution in [0.3, 0.4) is 0 Å². The number of rotatable bonds is 4. The molecule has 1 N–H and O–H groups in total. The maximum absolute atomic E-state index is 12.2. The first-order chi connectivity index (χ1) is 8.24. The van der Waals surface area contributed by atoms with Crippen LogP contribution >= 0.6 is 0 Å². The van der Waals surface area contributed by atoms with Crippen molar-refractivity contribution in [2.75, 3.05) is 7.05 Å². The Bertz CT molecular complexity index is 469. The molecule has 1 amide bonds. The van der Waals surface area contributed by atoms with Gasteiger partial charge in [0.25, 0.3) is 5.91 Å². The van der Waals surface area contributed by atoms with Gasteiger partial charge in [0.2, 0.25) is 0 Å².